The topological polar surface area (TPSA) is 92.3 Å². The molecule has 7 nitrogen and oxygen atoms in total. The van der Waals surface area contributed by atoms with Crippen LogP contribution in [0, 0.1) is 23.2 Å². The van der Waals surface area contributed by atoms with E-state index in [2.05, 4.69) is 15.3 Å². The van der Waals surface area contributed by atoms with Crippen molar-refractivity contribution in [3.8, 4) is 0 Å². The van der Waals surface area contributed by atoms with Crippen LogP contribution < -0.4 is 5.32 Å². The predicted molar refractivity (Wildman–Crippen MR) is 129 cm³/mol. The fourth-order valence-electron chi connectivity index (χ4n) is 7.44. The number of benzene rings is 1. The van der Waals surface area contributed by atoms with Gasteiger partial charge in [-0.15, -0.1) is 0 Å². The summed E-state index contributed by atoms with van der Waals surface area (Å²) in [6, 6.07) is 6.29. The van der Waals surface area contributed by atoms with E-state index in [9.17, 15) is 13.2 Å². The molecule has 1 aromatic heterocycles. The second-order valence-electron chi connectivity index (χ2n) is 10.8. The number of sulfonamides is 1. The minimum absolute atomic E-state index is 0.0248. The highest BCUT2D eigenvalue weighted by atomic mass is 35.5. The fraction of sp³-hybridized carbons (Fsp3) is 0.560. The van der Waals surface area contributed by atoms with Gasteiger partial charge in [-0.05, 0) is 86.3 Å². The molecule has 9 heteroatoms. The standard InChI is InChI=1S/C25H29ClN4O3S/c26-19-2-1-3-20(9-19)34(32,33)30-5-4-21-22(14-30)27-15-28-24(21)29-23(31)13-25-10-16-6-17(11-25)8-18(7-16)12-25/h1-3,9,15-18H,4-8,10-14H2,(H,27,28,29,31). The molecule has 4 saturated carbocycles. The molecule has 4 aliphatic carbocycles. The third kappa shape index (κ3) is 4.03. The average molecular weight is 501 g/mol. The Labute approximate surface area is 205 Å². The number of hydrogen-bond donors (Lipinski definition) is 1. The Morgan fingerprint density at radius 2 is 1.82 bits per heavy atom. The van der Waals surface area contributed by atoms with Crippen molar-refractivity contribution in [2.24, 2.45) is 23.2 Å². The smallest absolute Gasteiger partial charge is 0.243 e. The molecule has 1 aliphatic heterocycles. The van der Waals surface area contributed by atoms with Crippen molar-refractivity contribution in [3.63, 3.8) is 0 Å². The van der Waals surface area contributed by atoms with Crippen molar-refractivity contribution in [3.05, 3.63) is 46.9 Å². The van der Waals surface area contributed by atoms with E-state index in [-0.39, 0.29) is 22.8 Å². The van der Waals surface area contributed by atoms with Crippen LogP contribution >= 0.6 is 11.6 Å². The van der Waals surface area contributed by atoms with Crippen LogP contribution in [0.5, 0.6) is 0 Å². The van der Waals surface area contributed by atoms with Gasteiger partial charge in [0.05, 0.1) is 17.1 Å². The van der Waals surface area contributed by atoms with Gasteiger partial charge < -0.3 is 5.32 Å². The molecular formula is C25H29ClN4O3S. The molecule has 2 heterocycles. The molecule has 4 bridgehead atoms. The number of anilines is 1. The van der Waals surface area contributed by atoms with Crippen LogP contribution in [0.4, 0.5) is 5.82 Å². The Morgan fingerprint density at radius 1 is 1.12 bits per heavy atom. The number of fused-ring (bicyclic) bond motifs is 1. The molecule has 0 atom stereocenters. The van der Waals surface area contributed by atoms with Crippen LogP contribution in [-0.2, 0) is 27.8 Å². The Balaban J connectivity index is 1.17. The molecule has 1 aromatic carbocycles. The van der Waals surface area contributed by atoms with E-state index in [1.165, 1.54) is 55.2 Å². The first-order valence-corrected chi connectivity index (χ1v) is 14.0. The number of carbonyl (C=O) groups is 1. The minimum atomic E-state index is -3.69. The van der Waals surface area contributed by atoms with E-state index < -0.39 is 10.0 Å². The van der Waals surface area contributed by atoms with Crippen LogP contribution in [0.3, 0.4) is 0 Å². The Hall–Kier alpha value is -2.03. The summed E-state index contributed by atoms with van der Waals surface area (Å²) in [6.07, 6.45) is 10.0. The first-order chi connectivity index (χ1) is 16.3. The van der Waals surface area contributed by atoms with E-state index in [4.69, 9.17) is 11.6 Å². The molecule has 1 N–H and O–H groups in total. The van der Waals surface area contributed by atoms with Crippen molar-refractivity contribution < 1.29 is 13.2 Å². The summed E-state index contributed by atoms with van der Waals surface area (Å²) in [7, 11) is -3.69. The monoisotopic (exact) mass is 500 g/mol. The maximum Gasteiger partial charge on any atom is 0.243 e. The van der Waals surface area contributed by atoms with Crippen molar-refractivity contribution in [1.29, 1.82) is 0 Å². The Bertz CT molecular complexity index is 1210. The van der Waals surface area contributed by atoms with Crippen molar-refractivity contribution in [2.75, 3.05) is 11.9 Å². The lowest BCUT2D eigenvalue weighted by Crippen LogP contribution is -2.47. The van der Waals surface area contributed by atoms with Gasteiger partial charge in [0.25, 0.3) is 0 Å². The number of hydrogen-bond acceptors (Lipinski definition) is 5. The number of rotatable bonds is 5. The van der Waals surface area contributed by atoms with Gasteiger partial charge in [-0.1, -0.05) is 17.7 Å². The zero-order valence-electron chi connectivity index (χ0n) is 19.0. The van der Waals surface area contributed by atoms with Crippen LogP contribution in [0.15, 0.2) is 35.5 Å². The lowest BCUT2D eigenvalue weighted by Gasteiger charge is -2.56. The summed E-state index contributed by atoms with van der Waals surface area (Å²) >= 11 is 6.01. The molecule has 0 spiro atoms. The summed E-state index contributed by atoms with van der Waals surface area (Å²) in [5.41, 5.74) is 1.63. The van der Waals surface area contributed by atoms with Gasteiger partial charge in [0.15, 0.2) is 0 Å². The SMILES string of the molecule is O=C(CC12CC3CC(CC(C3)C1)C2)Nc1ncnc2c1CCN(S(=O)(=O)c1cccc(Cl)c1)C2. The lowest BCUT2D eigenvalue weighted by molar-refractivity contribution is -0.124. The van der Waals surface area contributed by atoms with Gasteiger partial charge in [0.1, 0.15) is 12.1 Å². The molecule has 0 saturated heterocycles. The molecule has 180 valence electrons. The predicted octanol–water partition coefficient (Wildman–Crippen LogP) is 4.42. The molecule has 34 heavy (non-hydrogen) atoms. The molecular weight excluding hydrogens is 472 g/mol. The lowest BCUT2D eigenvalue weighted by atomic mass is 9.49. The maximum absolute atomic E-state index is 13.1. The second kappa shape index (κ2) is 8.28. The number of nitrogens with one attached hydrogen (secondary N) is 1. The van der Waals surface area contributed by atoms with E-state index in [1.807, 2.05) is 0 Å². The zero-order chi connectivity index (χ0) is 23.5. The van der Waals surface area contributed by atoms with Crippen LogP contribution in [0.2, 0.25) is 5.02 Å². The molecule has 4 fully saturated rings. The van der Waals surface area contributed by atoms with E-state index in [0.717, 1.165) is 23.3 Å². The highest BCUT2D eigenvalue weighted by Gasteiger charge is 2.51. The third-order valence-corrected chi connectivity index (χ3v) is 10.4. The third-order valence-electron chi connectivity index (χ3n) is 8.36. The summed E-state index contributed by atoms with van der Waals surface area (Å²) in [5.74, 6) is 2.96. The minimum Gasteiger partial charge on any atom is -0.310 e. The molecule has 2 aromatic rings. The highest BCUT2D eigenvalue weighted by molar-refractivity contribution is 7.89. The zero-order valence-corrected chi connectivity index (χ0v) is 20.6. The van der Waals surface area contributed by atoms with E-state index in [0.29, 0.717) is 35.9 Å². The first-order valence-electron chi connectivity index (χ1n) is 12.2. The first kappa shape index (κ1) is 22.4. The number of halogens is 1. The number of aromatic nitrogens is 2. The summed E-state index contributed by atoms with van der Waals surface area (Å²) < 4.78 is 27.6. The van der Waals surface area contributed by atoms with Crippen LogP contribution in [-0.4, -0.2) is 35.1 Å². The van der Waals surface area contributed by atoms with E-state index >= 15 is 0 Å². The quantitative estimate of drug-likeness (QED) is 0.656. The maximum atomic E-state index is 13.1. The largest absolute Gasteiger partial charge is 0.310 e. The van der Waals surface area contributed by atoms with Gasteiger partial charge >= 0.3 is 0 Å². The highest BCUT2D eigenvalue weighted by Crippen LogP contribution is 2.61. The van der Waals surface area contributed by atoms with E-state index in [1.54, 1.807) is 18.2 Å². The normalized spacial score (nSPS) is 30.2. The summed E-state index contributed by atoms with van der Waals surface area (Å²) in [5, 5.41) is 3.44. The second-order valence-corrected chi connectivity index (χ2v) is 13.2. The molecule has 0 radical (unpaired) electrons. The number of nitrogens with zero attached hydrogens (tertiary/aromatic N) is 3. The number of amides is 1. The molecule has 0 unspecified atom stereocenters. The van der Waals surface area contributed by atoms with Crippen molar-refractivity contribution in [2.45, 2.75) is 62.8 Å². The van der Waals surface area contributed by atoms with Crippen molar-refractivity contribution >= 4 is 33.3 Å². The van der Waals surface area contributed by atoms with Crippen LogP contribution in [0.25, 0.3) is 0 Å². The fourth-order valence-corrected chi connectivity index (χ4v) is 9.15. The van der Waals surface area contributed by atoms with Crippen LogP contribution in [0.1, 0.15) is 56.2 Å². The Kier molecular flexibility index (Phi) is 5.46. The average Bonchev–Trinajstić information content (AvgIpc) is 2.77. The summed E-state index contributed by atoms with van der Waals surface area (Å²) in [4.78, 5) is 22.0. The van der Waals surface area contributed by atoms with Gasteiger partial charge in [0.2, 0.25) is 15.9 Å². The van der Waals surface area contributed by atoms with Gasteiger partial charge in [0, 0.05) is 23.6 Å². The molecule has 7 rings (SSSR count). The van der Waals surface area contributed by atoms with Gasteiger partial charge in [-0.3, -0.25) is 4.79 Å². The van der Waals surface area contributed by atoms with Crippen molar-refractivity contribution in [1.82, 2.24) is 14.3 Å². The number of carbonyl (C=O) groups excluding carboxylic acids is 1. The van der Waals surface area contributed by atoms with Gasteiger partial charge in [-0.2, -0.15) is 4.31 Å². The molecule has 1 amide bonds. The Morgan fingerprint density at radius 3 is 2.50 bits per heavy atom. The molecule has 5 aliphatic rings. The summed E-state index contributed by atoms with van der Waals surface area (Å²) in [6.45, 7) is 0.442. The van der Waals surface area contributed by atoms with Gasteiger partial charge in [-0.25, -0.2) is 18.4 Å².